The second kappa shape index (κ2) is 7.43. The van der Waals surface area contributed by atoms with Gasteiger partial charge in [0.2, 0.25) is 0 Å². The first-order valence-corrected chi connectivity index (χ1v) is 6.30. The van der Waals surface area contributed by atoms with E-state index in [0.717, 1.165) is 25.1 Å². The molecule has 2 aromatic heterocycles. The summed E-state index contributed by atoms with van der Waals surface area (Å²) in [6.07, 6.45) is 6.08. The number of hydrogen-bond acceptors (Lipinski definition) is 4. The van der Waals surface area contributed by atoms with Crippen molar-refractivity contribution in [1.29, 1.82) is 0 Å². The van der Waals surface area contributed by atoms with E-state index in [1.165, 1.54) is 6.07 Å². The van der Waals surface area contributed by atoms with Gasteiger partial charge >= 0.3 is 0 Å². The Kier molecular flexibility index (Phi) is 5.25. The minimum absolute atomic E-state index is 0.314. The number of nitrogens with one attached hydrogen (secondary N) is 2. The third-order valence-corrected chi connectivity index (χ3v) is 2.63. The lowest BCUT2D eigenvalue weighted by Gasteiger charge is -2.07. The first kappa shape index (κ1) is 13.4. The molecule has 0 fully saturated rings. The third kappa shape index (κ3) is 4.63. The van der Waals surface area contributed by atoms with Crippen LogP contribution in [-0.2, 0) is 6.54 Å². The van der Waals surface area contributed by atoms with Gasteiger partial charge in [0.25, 0.3) is 0 Å². The van der Waals surface area contributed by atoms with E-state index in [1.54, 1.807) is 18.5 Å². The van der Waals surface area contributed by atoms with Gasteiger partial charge < -0.3 is 10.6 Å². The molecule has 0 spiro atoms. The number of pyridine rings is 2. The van der Waals surface area contributed by atoms with E-state index >= 15 is 0 Å². The van der Waals surface area contributed by atoms with Crippen molar-refractivity contribution in [3.05, 3.63) is 54.2 Å². The quantitative estimate of drug-likeness (QED) is 0.749. The van der Waals surface area contributed by atoms with Gasteiger partial charge in [0.05, 0.1) is 0 Å². The fourth-order valence-electron chi connectivity index (χ4n) is 1.67. The lowest BCUT2D eigenvalue weighted by atomic mass is 10.3. The highest BCUT2D eigenvalue weighted by Gasteiger charge is 1.99. The van der Waals surface area contributed by atoms with Crippen LogP contribution in [-0.4, -0.2) is 23.1 Å². The summed E-state index contributed by atoms with van der Waals surface area (Å²) in [6, 6.07) is 6.93. The zero-order chi connectivity index (χ0) is 13.3. The van der Waals surface area contributed by atoms with E-state index in [0.29, 0.717) is 12.4 Å². The summed E-state index contributed by atoms with van der Waals surface area (Å²) in [5, 5.41) is 6.28. The molecule has 0 amide bonds. The molecule has 5 heteroatoms. The van der Waals surface area contributed by atoms with Crippen LogP contribution in [0.1, 0.15) is 12.0 Å². The van der Waals surface area contributed by atoms with Crippen LogP contribution in [0.3, 0.4) is 0 Å². The molecule has 0 unspecified atom stereocenters. The normalized spacial score (nSPS) is 10.4. The second-order valence-electron chi connectivity index (χ2n) is 4.15. The van der Waals surface area contributed by atoms with Gasteiger partial charge in [-0.1, -0.05) is 6.07 Å². The minimum Gasteiger partial charge on any atom is -0.368 e. The van der Waals surface area contributed by atoms with Gasteiger partial charge in [-0.05, 0) is 36.7 Å². The van der Waals surface area contributed by atoms with E-state index in [-0.39, 0.29) is 5.82 Å². The molecular weight excluding hydrogens is 243 g/mol. The molecule has 0 aliphatic rings. The molecule has 0 atom stereocenters. The summed E-state index contributed by atoms with van der Waals surface area (Å²) in [5.74, 6) is 0.000536. The SMILES string of the molecule is Fc1cccnc1NCCCNCc1cccnc1. The number of halogens is 1. The molecule has 0 aliphatic carbocycles. The molecule has 2 aromatic rings. The van der Waals surface area contributed by atoms with Crippen LogP contribution >= 0.6 is 0 Å². The van der Waals surface area contributed by atoms with Gasteiger partial charge in [-0.25, -0.2) is 9.37 Å². The van der Waals surface area contributed by atoms with E-state index in [4.69, 9.17) is 0 Å². The molecule has 2 rings (SSSR count). The van der Waals surface area contributed by atoms with Gasteiger partial charge in [0, 0.05) is 31.7 Å². The van der Waals surface area contributed by atoms with Crippen molar-refractivity contribution in [1.82, 2.24) is 15.3 Å². The number of rotatable bonds is 7. The predicted octanol–water partition coefficient (Wildman–Crippen LogP) is 2.21. The summed E-state index contributed by atoms with van der Waals surface area (Å²) >= 11 is 0. The highest BCUT2D eigenvalue weighted by Crippen LogP contribution is 2.07. The first-order chi connectivity index (χ1) is 9.36. The predicted molar refractivity (Wildman–Crippen MR) is 73.2 cm³/mol. The lowest BCUT2D eigenvalue weighted by Crippen LogP contribution is -2.18. The number of anilines is 1. The maximum Gasteiger partial charge on any atom is 0.165 e. The highest BCUT2D eigenvalue weighted by atomic mass is 19.1. The molecular formula is C14H17FN4. The standard InChI is InChI=1S/C14H17FN4/c15-13-5-2-8-18-14(13)19-9-3-7-17-11-12-4-1-6-16-10-12/h1-2,4-6,8,10,17H,3,7,9,11H2,(H,18,19). The highest BCUT2D eigenvalue weighted by molar-refractivity contribution is 5.35. The van der Waals surface area contributed by atoms with Crippen molar-refractivity contribution >= 4 is 5.82 Å². The van der Waals surface area contributed by atoms with E-state index in [1.807, 2.05) is 18.3 Å². The van der Waals surface area contributed by atoms with Crippen LogP contribution < -0.4 is 10.6 Å². The summed E-state index contributed by atoms with van der Waals surface area (Å²) in [4.78, 5) is 7.98. The fourth-order valence-corrected chi connectivity index (χ4v) is 1.67. The van der Waals surface area contributed by atoms with Crippen LogP contribution in [0.15, 0.2) is 42.9 Å². The van der Waals surface area contributed by atoms with Crippen molar-refractivity contribution in [2.24, 2.45) is 0 Å². The second-order valence-corrected chi connectivity index (χ2v) is 4.15. The largest absolute Gasteiger partial charge is 0.368 e. The summed E-state index contributed by atoms with van der Waals surface area (Å²) in [5.41, 5.74) is 1.16. The van der Waals surface area contributed by atoms with E-state index < -0.39 is 0 Å². The maximum absolute atomic E-state index is 13.2. The van der Waals surface area contributed by atoms with Crippen LogP contribution in [0.5, 0.6) is 0 Å². The molecule has 2 heterocycles. The molecule has 0 saturated heterocycles. The van der Waals surface area contributed by atoms with Crippen molar-refractivity contribution in [3.8, 4) is 0 Å². The molecule has 0 bridgehead atoms. The summed E-state index contributed by atoms with van der Waals surface area (Å²) < 4.78 is 13.2. The smallest absolute Gasteiger partial charge is 0.165 e. The summed E-state index contributed by atoms with van der Waals surface area (Å²) in [6.45, 7) is 2.34. The zero-order valence-corrected chi connectivity index (χ0v) is 10.6. The molecule has 19 heavy (non-hydrogen) atoms. The van der Waals surface area contributed by atoms with Gasteiger partial charge in [0.1, 0.15) is 0 Å². The van der Waals surface area contributed by atoms with Crippen molar-refractivity contribution in [2.75, 3.05) is 18.4 Å². The zero-order valence-electron chi connectivity index (χ0n) is 10.6. The van der Waals surface area contributed by atoms with Gasteiger partial charge in [-0.2, -0.15) is 0 Å². The molecule has 0 aromatic carbocycles. The monoisotopic (exact) mass is 260 g/mol. The number of hydrogen-bond donors (Lipinski definition) is 2. The Morgan fingerprint density at radius 3 is 2.79 bits per heavy atom. The van der Waals surface area contributed by atoms with Crippen molar-refractivity contribution < 1.29 is 4.39 Å². The van der Waals surface area contributed by atoms with Crippen molar-refractivity contribution in [2.45, 2.75) is 13.0 Å². The summed E-state index contributed by atoms with van der Waals surface area (Å²) in [7, 11) is 0. The Balaban J connectivity index is 1.59. The van der Waals surface area contributed by atoms with Crippen LogP contribution in [0, 0.1) is 5.82 Å². The Labute approximate surface area is 112 Å². The Bertz CT molecular complexity index is 490. The Morgan fingerprint density at radius 1 is 1.11 bits per heavy atom. The topological polar surface area (TPSA) is 49.8 Å². The number of nitrogens with zero attached hydrogens (tertiary/aromatic N) is 2. The van der Waals surface area contributed by atoms with Gasteiger partial charge in [-0.3, -0.25) is 4.98 Å². The van der Waals surface area contributed by atoms with Gasteiger partial charge in [-0.15, -0.1) is 0 Å². The first-order valence-electron chi connectivity index (χ1n) is 6.30. The fraction of sp³-hybridized carbons (Fsp3) is 0.286. The molecule has 0 saturated carbocycles. The Hall–Kier alpha value is -2.01. The van der Waals surface area contributed by atoms with E-state index in [2.05, 4.69) is 20.6 Å². The molecule has 4 nitrogen and oxygen atoms in total. The lowest BCUT2D eigenvalue weighted by molar-refractivity contribution is 0.620. The van der Waals surface area contributed by atoms with Crippen LogP contribution in [0.4, 0.5) is 10.2 Å². The van der Waals surface area contributed by atoms with Crippen molar-refractivity contribution in [3.63, 3.8) is 0 Å². The minimum atomic E-state index is -0.314. The molecule has 0 radical (unpaired) electrons. The van der Waals surface area contributed by atoms with Crippen LogP contribution in [0.2, 0.25) is 0 Å². The van der Waals surface area contributed by atoms with Gasteiger partial charge in [0.15, 0.2) is 11.6 Å². The number of aromatic nitrogens is 2. The Morgan fingerprint density at radius 2 is 2.00 bits per heavy atom. The average molecular weight is 260 g/mol. The van der Waals surface area contributed by atoms with Crippen LogP contribution in [0.25, 0.3) is 0 Å². The third-order valence-electron chi connectivity index (χ3n) is 2.63. The molecule has 2 N–H and O–H groups in total. The molecule has 0 aliphatic heterocycles. The van der Waals surface area contributed by atoms with E-state index in [9.17, 15) is 4.39 Å². The maximum atomic E-state index is 13.2. The molecule has 100 valence electrons. The average Bonchev–Trinajstić information content (AvgIpc) is 2.45.